The molecule has 2 heterocycles. The van der Waals surface area contributed by atoms with Crippen LogP contribution in [0.5, 0.6) is 0 Å². The van der Waals surface area contributed by atoms with Gasteiger partial charge in [-0.25, -0.2) is 0 Å². The fraction of sp³-hybridized carbons (Fsp3) is 0.846. The average molecular weight is 269 g/mol. The first-order chi connectivity index (χ1) is 9.18. The fourth-order valence-electron chi connectivity index (χ4n) is 2.56. The molecule has 2 fully saturated rings. The van der Waals surface area contributed by atoms with Gasteiger partial charge in [-0.15, -0.1) is 0 Å². The van der Waals surface area contributed by atoms with Crippen molar-refractivity contribution in [3.05, 3.63) is 0 Å². The van der Waals surface area contributed by atoms with Crippen molar-refractivity contribution in [2.45, 2.75) is 13.3 Å². The summed E-state index contributed by atoms with van der Waals surface area (Å²) in [6.07, 6.45) is 0.375. The molecule has 0 aliphatic carbocycles. The normalized spacial score (nSPS) is 27.3. The molecule has 6 heteroatoms. The number of nitrogens with zero attached hydrogens (tertiary/aromatic N) is 1. The molecular weight excluding hydrogens is 246 g/mol. The number of amides is 2. The van der Waals surface area contributed by atoms with Gasteiger partial charge in [0.2, 0.25) is 11.8 Å². The zero-order valence-electron chi connectivity index (χ0n) is 11.5. The second-order valence-corrected chi connectivity index (χ2v) is 5.28. The van der Waals surface area contributed by atoms with E-state index in [1.807, 2.05) is 0 Å². The maximum atomic E-state index is 11.9. The van der Waals surface area contributed by atoms with Crippen molar-refractivity contribution in [2.75, 3.05) is 45.9 Å². The Kier molecular flexibility index (Phi) is 5.15. The van der Waals surface area contributed by atoms with Crippen LogP contribution >= 0.6 is 0 Å². The topological polar surface area (TPSA) is 70.7 Å². The molecule has 19 heavy (non-hydrogen) atoms. The lowest BCUT2D eigenvalue weighted by atomic mass is 9.97. The number of nitrogens with one attached hydrogen (secondary N) is 2. The molecule has 2 atom stereocenters. The van der Waals surface area contributed by atoms with E-state index in [0.717, 1.165) is 13.1 Å². The Balaban J connectivity index is 1.65. The highest BCUT2D eigenvalue weighted by molar-refractivity contribution is 5.81. The molecular formula is C13H23N3O3. The molecule has 2 aliphatic heterocycles. The summed E-state index contributed by atoms with van der Waals surface area (Å²) in [6, 6.07) is 0. The van der Waals surface area contributed by atoms with Gasteiger partial charge in [-0.2, -0.15) is 0 Å². The first kappa shape index (κ1) is 14.3. The number of carbonyl (C=O) groups excluding carboxylic acids is 2. The highest BCUT2D eigenvalue weighted by Gasteiger charge is 2.29. The molecule has 6 nitrogen and oxygen atoms in total. The third-order valence-electron chi connectivity index (χ3n) is 3.86. The molecule has 108 valence electrons. The van der Waals surface area contributed by atoms with Crippen molar-refractivity contribution in [1.82, 2.24) is 15.5 Å². The predicted molar refractivity (Wildman–Crippen MR) is 70.5 cm³/mol. The first-order valence-electron chi connectivity index (χ1n) is 7.02. The summed E-state index contributed by atoms with van der Waals surface area (Å²) in [4.78, 5) is 25.6. The quantitative estimate of drug-likeness (QED) is 0.701. The number of morpholine rings is 1. The Labute approximate surface area is 113 Å². The van der Waals surface area contributed by atoms with Crippen molar-refractivity contribution in [3.8, 4) is 0 Å². The molecule has 0 spiro atoms. The van der Waals surface area contributed by atoms with E-state index in [2.05, 4.69) is 17.6 Å². The lowest BCUT2D eigenvalue weighted by Crippen LogP contribution is -2.42. The molecule has 2 aliphatic rings. The monoisotopic (exact) mass is 269 g/mol. The highest BCUT2D eigenvalue weighted by atomic mass is 16.5. The third kappa shape index (κ3) is 3.91. The average Bonchev–Trinajstić information content (AvgIpc) is 2.86. The lowest BCUT2D eigenvalue weighted by Gasteiger charge is -2.27. The van der Waals surface area contributed by atoms with Crippen LogP contribution in [-0.4, -0.2) is 62.7 Å². The van der Waals surface area contributed by atoms with Gasteiger partial charge in [0, 0.05) is 32.6 Å². The fourth-order valence-corrected chi connectivity index (χ4v) is 2.56. The summed E-state index contributed by atoms with van der Waals surface area (Å²) in [6.45, 7) is 6.69. The van der Waals surface area contributed by atoms with Crippen LogP contribution < -0.4 is 10.6 Å². The van der Waals surface area contributed by atoms with E-state index in [1.54, 1.807) is 4.90 Å². The second kappa shape index (κ2) is 6.86. The second-order valence-electron chi connectivity index (χ2n) is 5.28. The molecule has 0 aromatic rings. The Hall–Kier alpha value is -1.14. The first-order valence-corrected chi connectivity index (χ1v) is 7.02. The summed E-state index contributed by atoms with van der Waals surface area (Å²) in [5.41, 5.74) is 0. The van der Waals surface area contributed by atoms with Crippen LogP contribution in [0.3, 0.4) is 0 Å². The molecule has 0 bridgehead atoms. The van der Waals surface area contributed by atoms with Crippen molar-refractivity contribution < 1.29 is 14.3 Å². The molecule has 0 aromatic heterocycles. The molecule has 2 amide bonds. The van der Waals surface area contributed by atoms with E-state index in [4.69, 9.17) is 4.74 Å². The zero-order chi connectivity index (χ0) is 13.7. The van der Waals surface area contributed by atoms with Crippen LogP contribution in [0.4, 0.5) is 0 Å². The van der Waals surface area contributed by atoms with Gasteiger partial charge in [0.1, 0.15) is 0 Å². The van der Waals surface area contributed by atoms with Crippen LogP contribution in [0.1, 0.15) is 13.3 Å². The molecule has 2 saturated heterocycles. The zero-order valence-corrected chi connectivity index (χ0v) is 11.5. The minimum Gasteiger partial charge on any atom is -0.378 e. The van der Waals surface area contributed by atoms with Crippen LogP contribution in [0, 0.1) is 11.8 Å². The lowest BCUT2D eigenvalue weighted by molar-refractivity contribution is -0.135. The maximum absolute atomic E-state index is 11.9. The number of hydrogen-bond acceptors (Lipinski definition) is 4. The molecule has 2 unspecified atom stereocenters. The number of ether oxygens (including phenoxy) is 1. The highest BCUT2D eigenvalue weighted by Crippen LogP contribution is 2.15. The van der Waals surface area contributed by atoms with Crippen LogP contribution in [0.2, 0.25) is 0 Å². The summed E-state index contributed by atoms with van der Waals surface area (Å²) in [5, 5.41) is 6.07. The molecule has 2 rings (SSSR count). The smallest absolute Gasteiger partial charge is 0.224 e. The predicted octanol–water partition coefficient (Wildman–Crippen LogP) is -0.793. The van der Waals surface area contributed by atoms with Crippen LogP contribution in [0.15, 0.2) is 0 Å². The van der Waals surface area contributed by atoms with Gasteiger partial charge in [-0.05, 0) is 12.5 Å². The Morgan fingerprint density at radius 3 is 2.68 bits per heavy atom. The van der Waals surface area contributed by atoms with Crippen LogP contribution in [-0.2, 0) is 14.3 Å². The summed E-state index contributed by atoms with van der Waals surface area (Å²) in [7, 11) is 0. The summed E-state index contributed by atoms with van der Waals surface area (Å²) >= 11 is 0. The number of rotatable bonds is 4. The molecule has 0 aromatic carbocycles. The summed E-state index contributed by atoms with van der Waals surface area (Å²) < 4.78 is 5.20. The molecule has 0 saturated carbocycles. The SMILES string of the molecule is CC1CNCC1C(=O)NCCC(=O)N1CCOCC1. The van der Waals surface area contributed by atoms with Gasteiger partial charge < -0.3 is 20.3 Å². The Bertz CT molecular complexity index is 329. The number of hydrogen-bond donors (Lipinski definition) is 2. The van der Waals surface area contributed by atoms with E-state index >= 15 is 0 Å². The van der Waals surface area contributed by atoms with Crippen molar-refractivity contribution in [1.29, 1.82) is 0 Å². The van der Waals surface area contributed by atoms with Gasteiger partial charge in [0.15, 0.2) is 0 Å². The van der Waals surface area contributed by atoms with Crippen molar-refractivity contribution >= 4 is 11.8 Å². The van der Waals surface area contributed by atoms with Gasteiger partial charge in [-0.1, -0.05) is 6.92 Å². The molecule has 0 radical (unpaired) electrons. The van der Waals surface area contributed by atoms with E-state index in [0.29, 0.717) is 45.2 Å². The largest absolute Gasteiger partial charge is 0.378 e. The van der Waals surface area contributed by atoms with E-state index in [1.165, 1.54) is 0 Å². The number of carbonyl (C=O) groups is 2. The Morgan fingerprint density at radius 1 is 1.32 bits per heavy atom. The van der Waals surface area contributed by atoms with E-state index < -0.39 is 0 Å². The van der Waals surface area contributed by atoms with Gasteiger partial charge in [0.25, 0.3) is 0 Å². The van der Waals surface area contributed by atoms with Crippen molar-refractivity contribution in [3.63, 3.8) is 0 Å². The Morgan fingerprint density at radius 2 is 2.05 bits per heavy atom. The van der Waals surface area contributed by atoms with Crippen LogP contribution in [0.25, 0.3) is 0 Å². The van der Waals surface area contributed by atoms with Gasteiger partial charge in [0.05, 0.1) is 19.1 Å². The standard InChI is InChI=1S/C13H23N3O3/c1-10-8-14-9-11(10)13(18)15-3-2-12(17)16-4-6-19-7-5-16/h10-11,14H,2-9H2,1H3,(H,15,18). The van der Waals surface area contributed by atoms with Gasteiger partial charge >= 0.3 is 0 Å². The summed E-state index contributed by atoms with van der Waals surface area (Å²) in [5.74, 6) is 0.571. The minimum absolute atomic E-state index is 0.0403. The molecule has 2 N–H and O–H groups in total. The maximum Gasteiger partial charge on any atom is 0.224 e. The van der Waals surface area contributed by atoms with E-state index in [9.17, 15) is 9.59 Å². The van der Waals surface area contributed by atoms with Gasteiger partial charge in [-0.3, -0.25) is 9.59 Å². The third-order valence-corrected chi connectivity index (χ3v) is 3.86. The minimum atomic E-state index is 0.0403. The van der Waals surface area contributed by atoms with E-state index in [-0.39, 0.29) is 17.7 Å². The van der Waals surface area contributed by atoms with Crippen molar-refractivity contribution in [2.24, 2.45) is 11.8 Å².